The summed E-state index contributed by atoms with van der Waals surface area (Å²) in [5.74, 6) is 0.273. The van der Waals surface area contributed by atoms with Crippen molar-refractivity contribution in [3.05, 3.63) is 29.8 Å². The zero-order valence-corrected chi connectivity index (χ0v) is 11.5. The third-order valence-corrected chi connectivity index (χ3v) is 3.89. The van der Waals surface area contributed by atoms with E-state index in [1.807, 2.05) is 0 Å². The maximum atomic E-state index is 12.1. The lowest BCUT2D eigenvalue weighted by Crippen LogP contribution is -2.44. The van der Waals surface area contributed by atoms with Crippen LogP contribution in [-0.2, 0) is 9.59 Å². The fourth-order valence-corrected chi connectivity index (χ4v) is 2.76. The second-order valence-electron chi connectivity index (χ2n) is 4.38. The molecule has 4 N–H and O–H groups in total. The minimum Gasteiger partial charge on any atom is -0.366 e. The van der Waals surface area contributed by atoms with Crippen LogP contribution in [0.5, 0.6) is 0 Å². The van der Waals surface area contributed by atoms with Crippen LogP contribution in [0, 0.1) is 0 Å². The lowest BCUT2D eigenvalue weighted by molar-refractivity contribution is -0.125. The number of rotatable bonds is 3. The number of carbonyl (C=O) groups is 3. The van der Waals surface area contributed by atoms with Gasteiger partial charge in [-0.1, -0.05) is 6.07 Å². The fourth-order valence-electron chi connectivity index (χ4n) is 1.80. The molecule has 106 valence electrons. The van der Waals surface area contributed by atoms with Gasteiger partial charge in [-0.3, -0.25) is 14.4 Å². The molecule has 1 aliphatic rings. The first-order chi connectivity index (χ1) is 9.56. The van der Waals surface area contributed by atoms with Gasteiger partial charge in [-0.2, -0.15) is 11.8 Å². The van der Waals surface area contributed by atoms with Crippen LogP contribution >= 0.6 is 11.8 Å². The van der Waals surface area contributed by atoms with Crippen molar-refractivity contribution < 1.29 is 14.4 Å². The van der Waals surface area contributed by atoms with Crippen molar-refractivity contribution in [1.82, 2.24) is 5.32 Å². The molecule has 1 aliphatic heterocycles. The highest BCUT2D eigenvalue weighted by Crippen LogP contribution is 2.14. The number of primary amides is 1. The van der Waals surface area contributed by atoms with E-state index in [2.05, 4.69) is 10.6 Å². The Balaban J connectivity index is 2.05. The molecule has 0 aliphatic carbocycles. The summed E-state index contributed by atoms with van der Waals surface area (Å²) in [5, 5.41) is 5.35. The van der Waals surface area contributed by atoms with Crippen LogP contribution in [0.4, 0.5) is 5.69 Å². The number of nitrogens with one attached hydrogen (secondary N) is 2. The van der Waals surface area contributed by atoms with Gasteiger partial charge in [-0.05, 0) is 18.2 Å². The van der Waals surface area contributed by atoms with Crippen molar-refractivity contribution in [3.8, 4) is 0 Å². The normalized spacial score (nSPS) is 18.8. The van der Waals surface area contributed by atoms with Gasteiger partial charge < -0.3 is 16.4 Å². The zero-order chi connectivity index (χ0) is 14.5. The van der Waals surface area contributed by atoms with Crippen molar-refractivity contribution in [2.24, 2.45) is 5.73 Å². The highest BCUT2D eigenvalue weighted by molar-refractivity contribution is 7.99. The quantitative estimate of drug-likeness (QED) is 0.748. The molecular weight excluding hydrogens is 278 g/mol. The monoisotopic (exact) mass is 293 g/mol. The molecule has 20 heavy (non-hydrogen) atoms. The van der Waals surface area contributed by atoms with Crippen LogP contribution in [0.1, 0.15) is 16.8 Å². The largest absolute Gasteiger partial charge is 0.366 e. The molecule has 3 amide bonds. The summed E-state index contributed by atoms with van der Waals surface area (Å²) < 4.78 is 0. The Hall–Kier alpha value is -2.02. The lowest BCUT2D eigenvalue weighted by Gasteiger charge is -2.15. The molecule has 2 rings (SSSR count). The van der Waals surface area contributed by atoms with Gasteiger partial charge >= 0.3 is 0 Å². The van der Waals surface area contributed by atoms with Crippen molar-refractivity contribution >= 4 is 35.2 Å². The highest BCUT2D eigenvalue weighted by Gasteiger charge is 2.23. The van der Waals surface area contributed by atoms with E-state index in [0.29, 0.717) is 29.2 Å². The van der Waals surface area contributed by atoms with Gasteiger partial charge in [0.1, 0.15) is 6.04 Å². The Bertz CT molecular complexity index is 547. The average molecular weight is 293 g/mol. The van der Waals surface area contributed by atoms with E-state index in [0.717, 1.165) is 0 Å². The molecule has 0 saturated carbocycles. The number of carbonyl (C=O) groups excluding carboxylic acids is 3. The van der Waals surface area contributed by atoms with Crippen molar-refractivity contribution in [3.63, 3.8) is 0 Å². The molecule has 0 bridgehead atoms. The Kier molecular flexibility index (Phi) is 4.62. The molecule has 1 aromatic rings. The first-order valence-corrected chi connectivity index (χ1v) is 7.29. The second kappa shape index (κ2) is 6.42. The SMILES string of the molecule is NC(=O)c1cccc(NC(=O)[C@@H]2CSCCC(=O)N2)c1. The van der Waals surface area contributed by atoms with E-state index in [4.69, 9.17) is 5.73 Å². The van der Waals surface area contributed by atoms with Crippen LogP contribution in [0.25, 0.3) is 0 Å². The minimum atomic E-state index is -0.563. The van der Waals surface area contributed by atoms with E-state index in [1.165, 1.54) is 6.07 Å². The van der Waals surface area contributed by atoms with Gasteiger partial charge in [0.05, 0.1) is 0 Å². The summed E-state index contributed by atoms with van der Waals surface area (Å²) in [7, 11) is 0. The number of hydrogen-bond acceptors (Lipinski definition) is 4. The molecule has 1 fully saturated rings. The van der Waals surface area contributed by atoms with Gasteiger partial charge in [0.25, 0.3) is 0 Å². The van der Waals surface area contributed by atoms with E-state index in [1.54, 1.807) is 30.0 Å². The van der Waals surface area contributed by atoms with E-state index in [-0.39, 0.29) is 11.8 Å². The van der Waals surface area contributed by atoms with Gasteiger partial charge in [0, 0.05) is 29.2 Å². The minimum absolute atomic E-state index is 0.124. The van der Waals surface area contributed by atoms with Crippen molar-refractivity contribution in [2.75, 3.05) is 16.8 Å². The van der Waals surface area contributed by atoms with Gasteiger partial charge in [0.15, 0.2) is 0 Å². The standard InChI is InChI=1S/C13H15N3O3S/c14-12(18)8-2-1-3-9(6-8)15-13(19)10-7-20-5-4-11(17)16-10/h1-3,6,10H,4-5,7H2,(H2,14,18)(H,15,19)(H,16,17)/t10-/m0/s1. The average Bonchev–Trinajstić information content (AvgIpc) is 2.63. The molecule has 0 aromatic heterocycles. The van der Waals surface area contributed by atoms with Crippen molar-refractivity contribution in [1.29, 1.82) is 0 Å². The molecule has 7 heteroatoms. The molecule has 1 saturated heterocycles. The van der Waals surface area contributed by atoms with Gasteiger partial charge in [-0.15, -0.1) is 0 Å². The molecule has 0 unspecified atom stereocenters. The second-order valence-corrected chi connectivity index (χ2v) is 5.53. The first kappa shape index (κ1) is 14.4. The third kappa shape index (κ3) is 3.74. The molecular formula is C13H15N3O3S. The van der Waals surface area contributed by atoms with E-state index < -0.39 is 11.9 Å². The Labute approximate surface area is 120 Å². The smallest absolute Gasteiger partial charge is 0.248 e. The third-order valence-electron chi connectivity index (χ3n) is 2.82. The van der Waals surface area contributed by atoms with E-state index in [9.17, 15) is 14.4 Å². The van der Waals surface area contributed by atoms with Crippen LogP contribution < -0.4 is 16.4 Å². The summed E-state index contributed by atoms with van der Waals surface area (Å²) >= 11 is 1.56. The van der Waals surface area contributed by atoms with Crippen LogP contribution in [0.15, 0.2) is 24.3 Å². The number of nitrogens with two attached hydrogens (primary N) is 1. The predicted octanol–water partition coefficient (Wildman–Crippen LogP) is 0.346. The summed E-state index contributed by atoms with van der Waals surface area (Å²) in [6.45, 7) is 0. The Morgan fingerprint density at radius 3 is 2.95 bits per heavy atom. The number of hydrogen-bond donors (Lipinski definition) is 3. The topological polar surface area (TPSA) is 101 Å². The molecule has 1 heterocycles. The Morgan fingerprint density at radius 2 is 2.20 bits per heavy atom. The maximum Gasteiger partial charge on any atom is 0.248 e. The molecule has 0 spiro atoms. The lowest BCUT2D eigenvalue weighted by atomic mass is 10.2. The number of benzene rings is 1. The molecule has 1 atom stereocenters. The highest BCUT2D eigenvalue weighted by atomic mass is 32.2. The van der Waals surface area contributed by atoms with Crippen LogP contribution in [0.3, 0.4) is 0 Å². The van der Waals surface area contributed by atoms with Gasteiger partial charge in [0.2, 0.25) is 17.7 Å². The van der Waals surface area contributed by atoms with Crippen molar-refractivity contribution in [2.45, 2.75) is 12.5 Å². The number of anilines is 1. The van der Waals surface area contributed by atoms with Crippen LogP contribution in [0.2, 0.25) is 0 Å². The number of amides is 3. The maximum absolute atomic E-state index is 12.1. The molecule has 1 aromatic carbocycles. The molecule has 6 nitrogen and oxygen atoms in total. The summed E-state index contributed by atoms with van der Waals surface area (Å²) in [5.41, 5.74) is 5.99. The van der Waals surface area contributed by atoms with Crippen LogP contribution in [-0.4, -0.2) is 35.3 Å². The summed E-state index contributed by atoms with van der Waals surface area (Å²) in [6, 6.07) is 5.81. The molecule has 0 radical (unpaired) electrons. The Morgan fingerprint density at radius 1 is 1.40 bits per heavy atom. The first-order valence-electron chi connectivity index (χ1n) is 6.14. The van der Waals surface area contributed by atoms with E-state index >= 15 is 0 Å². The number of thioether (sulfide) groups is 1. The fraction of sp³-hybridized carbons (Fsp3) is 0.308. The summed E-state index contributed by atoms with van der Waals surface area (Å²) in [4.78, 5) is 34.6. The van der Waals surface area contributed by atoms with Gasteiger partial charge in [-0.25, -0.2) is 0 Å². The predicted molar refractivity (Wildman–Crippen MR) is 77.5 cm³/mol. The summed E-state index contributed by atoms with van der Waals surface area (Å²) in [6.07, 6.45) is 0.422. The zero-order valence-electron chi connectivity index (χ0n) is 10.7.